The minimum absolute atomic E-state index is 0.125. The minimum atomic E-state index is -4.45. The highest BCUT2D eigenvalue weighted by Crippen LogP contribution is 2.32. The Morgan fingerprint density at radius 2 is 2.00 bits per heavy atom. The highest BCUT2D eigenvalue weighted by Gasteiger charge is 2.32. The Morgan fingerprint density at radius 3 is 2.46 bits per heavy atom. The van der Waals surface area contributed by atoms with Crippen LogP contribution >= 0.6 is 0 Å². The molecule has 76 valence electrons. The fourth-order valence-electron chi connectivity index (χ4n) is 0.961. The highest BCUT2D eigenvalue weighted by atomic mass is 19.4. The molecule has 0 spiro atoms. The quantitative estimate of drug-likeness (QED) is 0.645. The molecule has 0 amide bonds. The van der Waals surface area contributed by atoms with Crippen molar-refractivity contribution in [2.75, 3.05) is 6.61 Å². The monoisotopic (exact) mass is 196 g/mol. The van der Waals surface area contributed by atoms with Gasteiger partial charge >= 0.3 is 12.1 Å². The third kappa shape index (κ3) is 5.49. The van der Waals surface area contributed by atoms with Crippen LogP contribution in [0.3, 0.4) is 0 Å². The molecule has 1 saturated carbocycles. The molecule has 0 aromatic carbocycles. The Kier molecular flexibility index (Phi) is 3.17. The van der Waals surface area contributed by atoms with Gasteiger partial charge in [-0.15, -0.1) is 0 Å². The molecule has 5 heteroatoms. The van der Waals surface area contributed by atoms with Crippen LogP contribution in [0.15, 0.2) is 0 Å². The summed E-state index contributed by atoms with van der Waals surface area (Å²) < 4.78 is 39.2. The second-order valence-electron chi connectivity index (χ2n) is 3.24. The van der Waals surface area contributed by atoms with Gasteiger partial charge < -0.3 is 4.74 Å². The van der Waals surface area contributed by atoms with E-state index in [2.05, 4.69) is 4.74 Å². The number of halogens is 3. The average Bonchev–Trinajstić information content (AvgIpc) is 2.66. The van der Waals surface area contributed by atoms with Crippen molar-refractivity contribution in [2.45, 2.75) is 31.9 Å². The molecule has 2 nitrogen and oxygen atoms in total. The summed E-state index contributed by atoms with van der Waals surface area (Å²) in [5.41, 5.74) is 0. The van der Waals surface area contributed by atoms with Crippen LogP contribution in [0.1, 0.15) is 25.7 Å². The van der Waals surface area contributed by atoms with Gasteiger partial charge in [0.1, 0.15) is 6.42 Å². The van der Waals surface area contributed by atoms with E-state index in [9.17, 15) is 18.0 Å². The molecule has 0 atom stereocenters. The van der Waals surface area contributed by atoms with Crippen molar-refractivity contribution in [3.8, 4) is 0 Å². The van der Waals surface area contributed by atoms with E-state index in [0.717, 1.165) is 12.8 Å². The highest BCUT2D eigenvalue weighted by molar-refractivity contribution is 5.70. The molecule has 1 aliphatic carbocycles. The van der Waals surface area contributed by atoms with Crippen LogP contribution in [0.5, 0.6) is 0 Å². The molecule has 0 bridgehead atoms. The summed E-state index contributed by atoms with van der Waals surface area (Å²) in [6.07, 6.45) is -3.01. The first-order valence-electron chi connectivity index (χ1n) is 4.20. The number of carbonyl (C=O) groups is 1. The van der Waals surface area contributed by atoms with Crippen molar-refractivity contribution in [2.24, 2.45) is 5.92 Å². The number of hydrogen-bond donors (Lipinski definition) is 0. The topological polar surface area (TPSA) is 26.3 Å². The summed E-state index contributed by atoms with van der Waals surface area (Å²) in [6, 6.07) is 0. The molecule has 0 unspecified atom stereocenters. The van der Waals surface area contributed by atoms with Crippen LogP contribution in [-0.2, 0) is 9.53 Å². The third-order valence-electron chi connectivity index (χ3n) is 1.83. The van der Waals surface area contributed by atoms with Gasteiger partial charge in [0.05, 0.1) is 6.61 Å². The number of alkyl halides is 3. The van der Waals surface area contributed by atoms with Crippen LogP contribution < -0.4 is 0 Å². The smallest absolute Gasteiger partial charge is 0.399 e. The van der Waals surface area contributed by atoms with Crippen LogP contribution in [-0.4, -0.2) is 18.8 Å². The maximum atomic E-state index is 11.6. The van der Waals surface area contributed by atoms with Gasteiger partial charge in [-0.1, -0.05) is 12.8 Å². The molecule has 0 aromatic rings. The van der Waals surface area contributed by atoms with E-state index in [1.807, 2.05) is 0 Å². The summed E-state index contributed by atoms with van der Waals surface area (Å²) in [7, 11) is 0. The van der Waals surface area contributed by atoms with Gasteiger partial charge in [-0.2, -0.15) is 13.2 Å². The summed E-state index contributed by atoms with van der Waals surface area (Å²) in [5.74, 6) is -0.605. The van der Waals surface area contributed by atoms with Gasteiger partial charge in [0.15, 0.2) is 0 Å². The second-order valence-corrected chi connectivity index (χ2v) is 3.24. The Morgan fingerprint density at radius 1 is 1.38 bits per heavy atom. The maximum Gasteiger partial charge on any atom is 0.399 e. The second kappa shape index (κ2) is 3.98. The number of carbonyl (C=O) groups excluding carboxylic acids is 1. The lowest BCUT2D eigenvalue weighted by Gasteiger charge is -2.06. The molecule has 13 heavy (non-hydrogen) atoms. The van der Waals surface area contributed by atoms with Crippen molar-refractivity contribution in [3.05, 3.63) is 0 Å². The fraction of sp³-hybridized carbons (Fsp3) is 0.875. The van der Waals surface area contributed by atoms with Crippen LogP contribution in [0.25, 0.3) is 0 Å². The fourth-order valence-corrected chi connectivity index (χ4v) is 0.961. The van der Waals surface area contributed by atoms with Gasteiger partial charge in [-0.25, -0.2) is 0 Å². The molecule has 0 N–H and O–H groups in total. The van der Waals surface area contributed by atoms with Crippen molar-refractivity contribution in [1.82, 2.24) is 0 Å². The van der Waals surface area contributed by atoms with Crippen molar-refractivity contribution >= 4 is 5.97 Å². The Balaban J connectivity index is 2.02. The Bertz CT molecular complexity index is 184. The first-order chi connectivity index (χ1) is 5.97. The standard InChI is InChI=1S/C8H11F3O2/c9-8(10,11)5-7(12)13-4-3-6-1-2-6/h6H,1-5H2. The lowest BCUT2D eigenvalue weighted by molar-refractivity contribution is -0.171. The van der Waals surface area contributed by atoms with Gasteiger partial charge in [0.25, 0.3) is 0 Å². The number of rotatable bonds is 4. The largest absolute Gasteiger partial charge is 0.465 e. The summed E-state index contributed by atoms with van der Waals surface area (Å²) in [5, 5.41) is 0. The predicted molar refractivity (Wildman–Crippen MR) is 39.0 cm³/mol. The molecule has 0 heterocycles. The summed E-state index contributed by atoms with van der Waals surface area (Å²) >= 11 is 0. The van der Waals surface area contributed by atoms with E-state index < -0.39 is 18.6 Å². The third-order valence-corrected chi connectivity index (χ3v) is 1.83. The maximum absolute atomic E-state index is 11.6. The first kappa shape index (κ1) is 10.3. The zero-order valence-electron chi connectivity index (χ0n) is 7.06. The summed E-state index contributed by atoms with van der Waals surface area (Å²) in [4.78, 5) is 10.5. The molecule has 1 fully saturated rings. The Labute approximate surface area is 74.1 Å². The summed E-state index contributed by atoms with van der Waals surface area (Å²) in [6.45, 7) is 0.125. The number of ether oxygens (including phenoxy) is 1. The molecule has 0 aliphatic heterocycles. The van der Waals surface area contributed by atoms with E-state index in [1.165, 1.54) is 0 Å². The van der Waals surface area contributed by atoms with Crippen molar-refractivity contribution < 1.29 is 22.7 Å². The van der Waals surface area contributed by atoms with Gasteiger partial charge in [-0.3, -0.25) is 4.79 Å². The zero-order chi connectivity index (χ0) is 9.90. The first-order valence-corrected chi connectivity index (χ1v) is 4.20. The molecular formula is C8H11F3O2. The van der Waals surface area contributed by atoms with Crippen molar-refractivity contribution in [1.29, 1.82) is 0 Å². The van der Waals surface area contributed by atoms with Crippen LogP contribution in [0.4, 0.5) is 13.2 Å². The lowest BCUT2D eigenvalue weighted by atomic mass is 10.3. The van der Waals surface area contributed by atoms with E-state index in [1.54, 1.807) is 0 Å². The van der Waals surface area contributed by atoms with Crippen LogP contribution in [0, 0.1) is 5.92 Å². The van der Waals surface area contributed by atoms with E-state index in [0.29, 0.717) is 12.3 Å². The van der Waals surface area contributed by atoms with E-state index in [-0.39, 0.29) is 6.61 Å². The molecular weight excluding hydrogens is 185 g/mol. The van der Waals surface area contributed by atoms with E-state index >= 15 is 0 Å². The molecule has 0 saturated heterocycles. The number of esters is 1. The minimum Gasteiger partial charge on any atom is -0.465 e. The van der Waals surface area contributed by atoms with Gasteiger partial charge in [0.2, 0.25) is 0 Å². The molecule has 0 radical (unpaired) electrons. The molecule has 0 aromatic heterocycles. The normalized spacial score (nSPS) is 17.2. The van der Waals surface area contributed by atoms with E-state index in [4.69, 9.17) is 0 Å². The van der Waals surface area contributed by atoms with Gasteiger partial charge in [0, 0.05) is 0 Å². The SMILES string of the molecule is O=C(CC(F)(F)F)OCCC1CC1. The lowest BCUT2D eigenvalue weighted by Crippen LogP contribution is -2.17. The average molecular weight is 196 g/mol. The number of hydrogen-bond acceptors (Lipinski definition) is 2. The molecule has 1 rings (SSSR count). The molecule has 1 aliphatic rings. The van der Waals surface area contributed by atoms with Crippen molar-refractivity contribution in [3.63, 3.8) is 0 Å². The Hall–Kier alpha value is -0.740. The predicted octanol–water partition coefficient (Wildman–Crippen LogP) is 2.28. The van der Waals surface area contributed by atoms with Gasteiger partial charge in [-0.05, 0) is 12.3 Å². The van der Waals surface area contributed by atoms with Crippen LogP contribution in [0.2, 0.25) is 0 Å². The zero-order valence-corrected chi connectivity index (χ0v) is 7.06.